The Hall–Kier alpha value is -2.71. The zero-order chi connectivity index (χ0) is 49.2. The lowest BCUT2D eigenvalue weighted by Gasteiger charge is -2.45. The van der Waals surface area contributed by atoms with Crippen LogP contribution in [0.5, 0.6) is 0 Å². The van der Waals surface area contributed by atoms with Gasteiger partial charge in [-0.3, -0.25) is 0 Å². The van der Waals surface area contributed by atoms with Gasteiger partial charge in [-0.15, -0.1) is 0 Å². The van der Waals surface area contributed by atoms with E-state index in [4.69, 9.17) is 3.63 Å². The molecule has 0 radical (unpaired) electrons. The lowest BCUT2D eigenvalue weighted by atomic mass is 9.95. The van der Waals surface area contributed by atoms with Crippen molar-refractivity contribution in [3.05, 3.63) is 88.0 Å². The summed E-state index contributed by atoms with van der Waals surface area (Å²) in [6, 6.07) is 15.3. The van der Waals surface area contributed by atoms with Gasteiger partial charge in [0.05, 0.1) is 0 Å². The van der Waals surface area contributed by atoms with Crippen molar-refractivity contribution in [3.8, 4) is 0 Å². The van der Waals surface area contributed by atoms with Crippen LogP contribution in [0.15, 0.2) is 69.3 Å². The van der Waals surface area contributed by atoms with Gasteiger partial charge >= 0.3 is 33.4 Å². The van der Waals surface area contributed by atoms with Crippen molar-refractivity contribution in [1.82, 2.24) is 0 Å². The predicted molar refractivity (Wildman–Crippen MR) is 252 cm³/mol. The van der Waals surface area contributed by atoms with E-state index in [1.54, 1.807) is 6.07 Å². The molecule has 0 saturated heterocycles. The fraction of sp³-hybridized carbons (Fsp3) is 0.654. The zero-order valence-electron chi connectivity index (χ0n) is 40.1. The van der Waals surface area contributed by atoms with Crippen molar-refractivity contribution < 1.29 is 51.6 Å². The summed E-state index contributed by atoms with van der Waals surface area (Å²) in [5, 5.41) is -7.07. The largest absolute Gasteiger partial charge is 0.460 e. The van der Waals surface area contributed by atoms with Gasteiger partial charge in [0.1, 0.15) is 0 Å². The molecule has 0 aromatic heterocycles. The topological polar surface area (TPSA) is 43.4 Å². The molecular weight excluding hydrogens is 908 g/mol. The summed E-state index contributed by atoms with van der Waals surface area (Å²) in [6.07, 6.45) is 8.92. The summed E-state index contributed by atoms with van der Waals surface area (Å²) in [4.78, 5) is 0.435. The predicted octanol–water partition coefficient (Wildman–Crippen LogP) is 18.1. The van der Waals surface area contributed by atoms with Crippen LogP contribution in [0.2, 0.25) is 0 Å². The number of benzene rings is 3. The SMILES string of the molecule is CCCCCc1cc(CCCCC)c(S(OS(=O)(=O)C(F)(F)C(F)(F)C(F)(F)C(F)(F)F)(c2ccccc2)c2c(CCCCC)cc(CCCCC)cc2CCCCC)c(CCCCC)c1. The standard InChI is InChI=1S/C52H75F9O3S2/c1-7-13-20-28-40-36-42(30-22-15-9-3)47(43(37-40)31-23-16-10-4)65(46-34-26-19-27-35-46,64-66(62,63)52(60,61)50(55,56)49(53,54)51(57,58)59)48-44(32-24-17-11-5)38-41(29-21-14-8-2)39-45(48)33-25-18-12-6/h19,26-27,34-39H,7-18,20-25,28-33H2,1-6H3. The van der Waals surface area contributed by atoms with Crippen molar-refractivity contribution in [3.63, 3.8) is 0 Å². The number of halogens is 9. The fourth-order valence-corrected chi connectivity index (χ4v) is 14.6. The van der Waals surface area contributed by atoms with Gasteiger partial charge in [0.25, 0.3) is 0 Å². The van der Waals surface area contributed by atoms with Crippen LogP contribution < -0.4 is 0 Å². The van der Waals surface area contributed by atoms with Gasteiger partial charge in [-0.1, -0.05) is 161 Å². The number of rotatable bonds is 32. The molecule has 3 aromatic carbocycles. The van der Waals surface area contributed by atoms with Crippen molar-refractivity contribution in [2.24, 2.45) is 0 Å². The van der Waals surface area contributed by atoms with Crippen LogP contribution in [0.25, 0.3) is 0 Å². The van der Waals surface area contributed by atoms with E-state index in [-0.39, 0.29) is 14.7 Å². The van der Waals surface area contributed by atoms with Crippen LogP contribution in [0.3, 0.4) is 0 Å². The Bertz CT molecular complexity index is 1880. The Kier molecular flexibility index (Phi) is 23.0. The monoisotopic (exact) mass is 983 g/mol. The van der Waals surface area contributed by atoms with E-state index in [1.165, 1.54) is 24.3 Å². The van der Waals surface area contributed by atoms with Crippen LogP contribution in [-0.2, 0) is 52.3 Å². The maximum Gasteiger partial charge on any atom is 0.460 e. The van der Waals surface area contributed by atoms with Gasteiger partial charge in [-0.05, 0) is 133 Å². The van der Waals surface area contributed by atoms with E-state index in [1.807, 2.05) is 52.0 Å². The van der Waals surface area contributed by atoms with E-state index in [9.17, 15) is 30.4 Å². The molecule has 0 unspecified atom stereocenters. The lowest BCUT2D eigenvalue weighted by Crippen LogP contribution is -2.63. The van der Waals surface area contributed by atoms with Crippen molar-refractivity contribution >= 4 is 20.4 Å². The first-order valence-corrected chi connectivity index (χ1v) is 27.5. The van der Waals surface area contributed by atoms with Crippen LogP contribution in [-0.4, -0.2) is 31.7 Å². The van der Waals surface area contributed by atoms with E-state index in [0.29, 0.717) is 86.5 Å². The number of aryl methyl sites for hydroxylation is 6. The summed E-state index contributed by atoms with van der Waals surface area (Å²) in [5.74, 6) is -14.9. The van der Waals surface area contributed by atoms with Gasteiger partial charge < -0.3 is 0 Å². The molecule has 0 spiro atoms. The van der Waals surface area contributed by atoms with Crippen LogP contribution >= 0.6 is 10.3 Å². The van der Waals surface area contributed by atoms with Gasteiger partial charge in [0.2, 0.25) is 0 Å². The molecule has 0 fully saturated rings. The second-order valence-electron chi connectivity index (χ2n) is 17.8. The Morgan fingerprint density at radius 2 is 0.727 bits per heavy atom. The van der Waals surface area contributed by atoms with Crippen molar-refractivity contribution in [2.75, 3.05) is 0 Å². The van der Waals surface area contributed by atoms with Crippen LogP contribution in [0.4, 0.5) is 39.5 Å². The van der Waals surface area contributed by atoms with E-state index in [0.717, 1.165) is 101 Å². The summed E-state index contributed by atoms with van der Waals surface area (Å²) in [6.45, 7) is 12.1. The maximum absolute atomic E-state index is 16.5. The molecule has 0 bridgehead atoms. The zero-order valence-corrected chi connectivity index (χ0v) is 41.7. The minimum atomic E-state index is -7.48. The highest BCUT2D eigenvalue weighted by molar-refractivity contribution is 8.33. The molecule has 3 nitrogen and oxygen atoms in total. The number of unbranched alkanes of at least 4 members (excludes halogenated alkanes) is 12. The van der Waals surface area contributed by atoms with Crippen molar-refractivity contribution in [1.29, 1.82) is 0 Å². The molecule has 3 aromatic rings. The molecule has 0 amide bonds. The molecule has 14 heteroatoms. The Balaban J connectivity index is 2.86. The van der Waals surface area contributed by atoms with Crippen LogP contribution in [0, 0.1) is 0 Å². The summed E-state index contributed by atoms with van der Waals surface area (Å²) >= 11 is 0. The van der Waals surface area contributed by atoms with Gasteiger partial charge in [0, 0.05) is 14.7 Å². The second-order valence-corrected chi connectivity index (χ2v) is 22.1. The normalized spacial score (nSPS) is 13.4. The quantitative estimate of drug-likeness (QED) is 0.0462. The first-order valence-electron chi connectivity index (χ1n) is 24.5. The number of alkyl halides is 9. The highest BCUT2D eigenvalue weighted by Crippen LogP contribution is 2.75. The fourth-order valence-electron chi connectivity index (χ4n) is 8.60. The van der Waals surface area contributed by atoms with Gasteiger partial charge in [0.15, 0.2) is 0 Å². The Morgan fingerprint density at radius 3 is 1.02 bits per heavy atom. The molecule has 0 N–H and O–H groups in total. The average Bonchev–Trinajstić information content (AvgIpc) is 3.26. The molecule has 0 atom stereocenters. The maximum atomic E-state index is 16.5. The van der Waals surface area contributed by atoms with E-state index < -0.39 is 43.7 Å². The summed E-state index contributed by atoms with van der Waals surface area (Å²) < 4.78 is 170. The minimum absolute atomic E-state index is 0.0229. The molecular formula is C52H75F9O3S2. The molecule has 0 aliphatic rings. The summed E-state index contributed by atoms with van der Waals surface area (Å²) in [7, 11) is -11.7. The Morgan fingerprint density at radius 1 is 0.424 bits per heavy atom. The number of hydrogen-bond donors (Lipinski definition) is 0. The van der Waals surface area contributed by atoms with Crippen LogP contribution in [0.1, 0.15) is 190 Å². The van der Waals surface area contributed by atoms with E-state index >= 15 is 17.6 Å². The summed E-state index contributed by atoms with van der Waals surface area (Å²) in [5.41, 5.74) is 4.04. The van der Waals surface area contributed by atoms with Gasteiger partial charge in [-0.25, -0.2) is 3.63 Å². The molecule has 66 heavy (non-hydrogen) atoms. The molecule has 0 heterocycles. The lowest BCUT2D eigenvalue weighted by molar-refractivity contribution is -0.382. The third kappa shape index (κ3) is 13.7. The van der Waals surface area contributed by atoms with Gasteiger partial charge in [-0.2, -0.15) is 47.9 Å². The molecule has 376 valence electrons. The first kappa shape index (κ1) is 57.6. The smallest absolute Gasteiger partial charge is 0.202 e. The molecule has 3 rings (SSSR count). The molecule has 0 aliphatic carbocycles. The molecule has 0 saturated carbocycles. The number of hydrogen-bond acceptors (Lipinski definition) is 3. The third-order valence-corrected chi connectivity index (χ3v) is 17.8. The van der Waals surface area contributed by atoms with Crippen molar-refractivity contribution in [2.45, 2.75) is 234 Å². The van der Waals surface area contributed by atoms with E-state index in [2.05, 4.69) is 13.8 Å². The third-order valence-electron chi connectivity index (χ3n) is 12.2. The average molecular weight is 983 g/mol. The second kappa shape index (κ2) is 26.3. The molecule has 0 aliphatic heterocycles. The Labute approximate surface area is 392 Å². The highest BCUT2D eigenvalue weighted by atomic mass is 32.3. The minimum Gasteiger partial charge on any atom is -0.202 e. The first-order chi connectivity index (χ1) is 31.2. The highest BCUT2D eigenvalue weighted by Gasteiger charge is 2.86.